The number of benzene rings is 7. The van der Waals surface area contributed by atoms with E-state index in [9.17, 15) is 114 Å². The lowest BCUT2D eigenvalue weighted by atomic mass is 9.95. The van der Waals surface area contributed by atoms with E-state index in [1.807, 2.05) is 72.8 Å². The van der Waals surface area contributed by atoms with Crippen LogP contribution in [0.5, 0.6) is 17.2 Å². The van der Waals surface area contributed by atoms with Crippen molar-refractivity contribution in [2.24, 2.45) is 5.73 Å². The van der Waals surface area contributed by atoms with Crippen molar-refractivity contribution in [3.05, 3.63) is 274 Å². The first kappa shape index (κ1) is 107. The number of ether oxygens (including phenoxy) is 9. The van der Waals surface area contributed by atoms with E-state index in [-0.39, 0.29) is 35.1 Å². The molecule has 5 saturated heterocycles. The monoisotopic (exact) mass is 2030 g/mol. The molecule has 5 aromatic heterocycles. The Hall–Kier alpha value is -12.4. The van der Waals surface area contributed by atoms with Crippen LogP contribution in [-0.4, -0.2) is 209 Å². The van der Waals surface area contributed by atoms with Gasteiger partial charge in [0.25, 0.3) is 5.97 Å². The zero-order valence-electron chi connectivity index (χ0n) is 73.0. The van der Waals surface area contributed by atoms with Gasteiger partial charge in [0.2, 0.25) is 0 Å². The highest BCUT2D eigenvalue weighted by Crippen LogP contribution is 2.40. The van der Waals surface area contributed by atoms with Crippen molar-refractivity contribution in [1.82, 2.24) is 0 Å². The Bertz CT molecular complexity index is 6870. The van der Waals surface area contributed by atoms with Crippen LogP contribution in [0, 0.1) is 27.7 Å². The molecule has 10 heterocycles. The fourth-order valence-electron chi connectivity index (χ4n) is 13.7. The minimum atomic E-state index is -5.76. The number of methoxy groups -OCH3 is 2. The second-order valence-corrected chi connectivity index (χ2v) is 35.3. The number of carboxylic acids is 1. The molecule has 5 fully saturated rings. The van der Waals surface area contributed by atoms with Crippen molar-refractivity contribution in [2.75, 3.05) is 44.7 Å². The van der Waals surface area contributed by atoms with Crippen LogP contribution in [0.15, 0.2) is 234 Å². The fourth-order valence-corrected chi connectivity index (χ4v) is 15.0. The maximum Gasteiger partial charge on any atom is 0.534 e. The molecule has 12 aromatic rings. The number of aryl methyl sites for hydroxylation is 4. The van der Waals surface area contributed by atoms with Gasteiger partial charge < -0.3 is 129 Å². The molecule has 0 spiro atoms. The number of fused-ring (bicyclic) bond motifs is 7. The molecule has 0 radical (unpaired) electrons. The molecule has 139 heavy (non-hydrogen) atoms. The van der Waals surface area contributed by atoms with E-state index in [1.54, 1.807) is 50.2 Å². The summed E-state index contributed by atoms with van der Waals surface area (Å²) in [6.07, 6.45) is -11.4. The fraction of sp³-hybridized carbons (Fsp3) is 0.341. The molecule has 7 aromatic carbocycles. The summed E-state index contributed by atoms with van der Waals surface area (Å²) in [6.45, 7) is 7.53. The lowest BCUT2D eigenvalue weighted by Crippen LogP contribution is -2.64. The topological polar surface area (TPSA) is 573 Å². The van der Waals surface area contributed by atoms with Crippen LogP contribution in [0.25, 0.3) is 54.8 Å². The molecule has 17 rings (SSSR count). The predicted octanol–water partition coefficient (Wildman–Crippen LogP) is 8.97. The number of anilines is 2. The van der Waals surface area contributed by atoms with Crippen molar-refractivity contribution in [3.8, 4) is 17.2 Å². The molecule has 11 N–H and O–H groups in total. The number of nitrogens with one attached hydrogen (secondary N) is 2. The molecular formula is C88H86F9N3O36S3. The SMILES string of the molecule is CC(=O)O.CO[C@H]1OC2COC(c3ccccc3)O[C@H]2C(O)[C@@H]1N.CO[C@H]1OC2COC(c3ccccc3)O[C@H]2C(O)[C@@H]1Nc1ccc2cc(C)c(=O)oc2c1.Cc1cc2ccc(N[C@@H]3C(O)OC(CO)[C@@H](O)C3O)cc2oc1=O.Cc1cc2ccc(OS(=O)(=O)C(F)(F)F)cc2oc1=O.Cc1cc2ccc(OS(=O)(=O)C(F)(F)F)cc2oc1=O.O=c1ccc2ccc(OS(=O)(=O)C(F)(F)F)cc2o1. The summed E-state index contributed by atoms with van der Waals surface area (Å²) in [4.78, 5) is 66.0. The summed E-state index contributed by atoms with van der Waals surface area (Å²) in [5.41, 5.74) is -8.43. The van der Waals surface area contributed by atoms with Crippen molar-refractivity contribution in [3.63, 3.8) is 0 Å². The maximum absolute atomic E-state index is 12.2. The van der Waals surface area contributed by atoms with E-state index >= 15 is 0 Å². The number of rotatable bonds is 15. The van der Waals surface area contributed by atoms with Crippen LogP contribution < -0.4 is 57.0 Å². The first-order chi connectivity index (χ1) is 65.3. The second kappa shape index (κ2) is 44.8. The summed E-state index contributed by atoms with van der Waals surface area (Å²) in [6, 6.07) is 45.8. The lowest BCUT2D eigenvalue weighted by molar-refractivity contribution is -0.339. The summed E-state index contributed by atoms with van der Waals surface area (Å²) < 4.78 is 262. The first-order valence-electron chi connectivity index (χ1n) is 40.7. The van der Waals surface area contributed by atoms with Gasteiger partial charge in [0.15, 0.2) is 31.5 Å². The number of aliphatic hydroxyl groups excluding tert-OH is 6. The molecule has 0 aliphatic carbocycles. The van der Waals surface area contributed by atoms with E-state index in [4.69, 9.17) is 85.5 Å². The van der Waals surface area contributed by atoms with Crippen LogP contribution in [0.1, 0.15) is 52.9 Å². The van der Waals surface area contributed by atoms with Gasteiger partial charge in [0.05, 0.1) is 25.9 Å². The molecule has 0 bridgehead atoms. The van der Waals surface area contributed by atoms with Gasteiger partial charge in [-0.3, -0.25) is 4.79 Å². The first-order valence-corrected chi connectivity index (χ1v) is 44.9. The molecule has 5 aliphatic heterocycles. The quantitative estimate of drug-likeness (QED) is 0.0198. The maximum atomic E-state index is 12.2. The highest BCUT2D eigenvalue weighted by molar-refractivity contribution is 7.88. The molecule has 5 aliphatic rings. The summed E-state index contributed by atoms with van der Waals surface area (Å²) in [5.74, 6) is -2.62. The Balaban J connectivity index is 0.000000160. The zero-order chi connectivity index (χ0) is 102. The number of hydrogen-bond donors (Lipinski definition) is 10. The minimum Gasteiger partial charge on any atom is -0.481 e. The number of carboxylic acid groups (broad SMARTS) is 1. The summed E-state index contributed by atoms with van der Waals surface area (Å²) in [7, 11) is -14.2. The Labute approximate surface area is 778 Å². The molecule has 51 heteroatoms. The summed E-state index contributed by atoms with van der Waals surface area (Å²) >= 11 is 0. The molecular weight excluding hydrogens is 1940 g/mol. The Morgan fingerprint density at radius 2 is 0.748 bits per heavy atom. The Kier molecular flexibility index (Phi) is 34.5. The van der Waals surface area contributed by atoms with Gasteiger partial charge in [-0.15, -0.1) is 0 Å². The predicted molar refractivity (Wildman–Crippen MR) is 468 cm³/mol. The lowest BCUT2D eigenvalue weighted by Gasteiger charge is -2.47. The van der Waals surface area contributed by atoms with Crippen molar-refractivity contribution in [2.45, 2.75) is 156 Å². The number of hydrogen-bond acceptors (Lipinski definition) is 38. The number of halogens is 9. The number of aliphatic hydroxyl groups is 6. The van der Waals surface area contributed by atoms with Gasteiger partial charge in [-0.05, 0) is 119 Å². The molecule has 9 unspecified atom stereocenters. The van der Waals surface area contributed by atoms with E-state index in [0.717, 1.165) is 71.3 Å². The van der Waals surface area contributed by atoms with E-state index in [2.05, 4.69) is 23.2 Å². The van der Waals surface area contributed by atoms with Gasteiger partial charge in [0, 0.05) is 129 Å². The number of aliphatic carboxylic acids is 1. The van der Waals surface area contributed by atoms with Gasteiger partial charge in [0.1, 0.15) is 112 Å². The van der Waals surface area contributed by atoms with Gasteiger partial charge >= 0.3 is 75.0 Å². The van der Waals surface area contributed by atoms with Gasteiger partial charge in [-0.2, -0.15) is 64.8 Å². The third kappa shape index (κ3) is 26.8. The van der Waals surface area contributed by atoms with E-state index in [1.165, 1.54) is 64.5 Å². The molecule has 750 valence electrons. The van der Waals surface area contributed by atoms with Gasteiger partial charge in [-0.25, -0.2) is 24.0 Å². The highest BCUT2D eigenvalue weighted by Gasteiger charge is 2.54. The average molecular weight is 2030 g/mol. The Morgan fingerprint density at radius 3 is 1.12 bits per heavy atom. The minimum absolute atomic E-state index is 0.0736. The molecule has 0 amide bonds. The Morgan fingerprint density at radius 1 is 0.417 bits per heavy atom. The second-order valence-electron chi connectivity index (χ2n) is 30.7. The zero-order valence-corrected chi connectivity index (χ0v) is 75.5. The van der Waals surface area contributed by atoms with E-state index < -0.39 is 198 Å². The van der Waals surface area contributed by atoms with Crippen LogP contribution >= 0.6 is 0 Å². The van der Waals surface area contributed by atoms with Gasteiger partial charge in [-0.1, -0.05) is 60.7 Å². The van der Waals surface area contributed by atoms with Crippen molar-refractivity contribution >= 4 is 103 Å². The molecule has 39 nitrogen and oxygen atoms in total. The standard InChI is InChI=1S/C24H25NO7.C16H19NO7.C14H19NO5.2C11H7F3O5S.C10H5F3O5S.C2H4O2/c1-13-10-15-8-9-16(11-17(15)30-22(13)27)25-19-20(26)21-18(31-24(19)28-2)12-29-23(32-21)14-6-4-3-5-7-14;1-7-4-8-2-3-9(5-10(8)23-15(7)21)17-12-14(20)13(19)11(6-18)24-16(12)22;1-17-14-10(15)11(16)12-9(19-14)7-18-13(20-12)8-5-3-2-4-6-8;2*1-6-4-7-2-3-8(5-9(7)18-10(6)15)19-20(16,17)11(12,13)14;11-10(12,13)19(15,16)18-7-3-1-6-2-4-9(14)17-8(6)5-7;1-2(3)4/h3-11,18-21,23-26H,12H2,1-2H3;2-5,11-14,16-20,22H,6H2,1H3;2-6,9-14,16H,7,15H2,1H3;2*2-5H,1H3;1-5H;1H3,(H,3,4)/t18?,19-,20?,21+,23?,24-;11?,12-,13+,14?,16?;9?,10-,11?,12+,13?,14-;;;;/m000..../s1. The van der Waals surface area contributed by atoms with Crippen LogP contribution in [0.2, 0.25) is 0 Å². The normalized spacial score (nSPS) is 23.6. The van der Waals surface area contributed by atoms with Crippen LogP contribution in [0.3, 0.4) is 0 Å². The van der Waals surface area contributed by atoms with Crippen LogP contribution in [-0.2, 0) is 77.8 Å². The number of carbonyl (C=O) groups is 1. The smallest absolute Gasteiger partial charge is 0.481 e. The van der Waals surface area contributed by atoms with Crippen molar-refractivity contribution in [1.29, 1.82) is 0 Å². The third-order valence-electron chi connectivity index (χ3n) is 20.6. The third-order valence-corrected chi connectivity index (χ3v) is 23.5. The average Bonchev–Trinajstić information content (AvgIpc) is 0.784. The number of alkyl halides is 9. The molecule has 17 atom stereocenters. The highest BCUT2D eigenvalue weighted by atomic mass is 32.2. The van der Waals surface area contributed by atoms with Crippen LogP contribution in [0.4, 0.5) is 50.9 Å². The van der Waals surface area contributed by atoms with E-state index in [0.29, 0.717) is 67.6 Å². The summed E-state index contributed by atoms with van der Waals surface area (Å²) in [5, 5.41) is 76.9. The largest absolute Gasteiger partial charge is 0.534 e. The number of nitrogens with two attached hydrogens (primary N) is 1. The van der Waals surface area contributed by atoms with Crippen molar-refractivity contribution < 1.29 is 183 Å². The molecule has 0 saturated carbocycles.